The van der Waals surface area contributed by atoms with Gasteiger partial charge in [0, 0.05) is 42.1 Å². The van der Waals surface area contributed by atoms with E-state index in [2.05, 4.69) is 25.1 Å². The van der Waals surface area contributed by atoms with Crippen LogP contribution in [0.15, 0.2) is 35.4 Å². The third kappa shape index (κ3) is 4.29. The Kier molecular flexibility index (Phi) is 5.93. The van der Waals surface area contributed by atoms with Crippen LogP contribution in [0.5, 0.6) is 0 Å². The zero-order chi connectivity index (χ0) is 23.8. The summed E-state index contributed by atoms with van der Waals surface area (Å²) in [4.78, 5) is 32.5. The largest absolute Gasteiger partial charge is 0.326 e. The van der Waals surface area contributed by atoms with Gasteiger partial charge in [0.05, 0.1) is 11.7 Å². The molecule has 1 aliphatic carbocycles. The fourth-order valence-corrected chi connectivity index (χ4v) is 6.44. The van der Waals surface area contributed by atoms with Crippen molar-refractivity contribution in [2.45, 2.75) is 70.9 Å². The Labute approximate surface area is 207 Å². The number of fused-ring (bicyclic) bond motifs is 4. The Bertz CT molecular complexity index is 1470. The van der Waals surface area contributed by atoms with Crippen LogP contribution in [0, 0.1) is 0 Å². The quantitative estimate of drug-likeness (QED) is 0.451. The molecule has 0 fully saturated rings. The van der Waals surface area contributed by atoms with E-state index in [1.54, 1.807) is 22.2 Å². The standard InChI is InChI=1S/C26H28N6O2S/c33-22(12-14-31-16-27-25-23(26(31)34)19-9-3-4-10-20(19)35-25)28-18-8-6-7-17(15-18)24-30-29-21-11-2-1-5-13-32(21)24/h6-8,15-16H,1-5,9-14H2,(H,28,33). The first-order chi connectivity index (χ1) is 17.2. The van der Waals surface area contributed by atoms with Gasteiger partial charge >= 0.3 is 0 Å². The maximum absolute atomic E-state index is 13.1. The summed E-state index contributed by atoms with van der Waals surface area (Å²) in [6.45, 7) is 1.23. The lowest BCUT2D eigenvalue weighted by Crippen LogP contribution is -2.24. The highest BCUT2D eigenvalue weighted by atomic mass is 32.1. The number of hydrogen-bond acceptors (Lipinski definition) is 6. The summed E-state index contributed by atoms with van der Waals surface area (Å²) in [6.07, 6.45) is 10.5. The molecule has 8 nitrogen and oxygen atoms in total. The van der Waals surface area contributed by atoms with Gasteiger partial charge in [0.2, 0.25) is 5.91 Å². The first-order valence-corrected chi connectivity index (χ1v) is 13.3. The van der Waals surface area contributed by atoms with Gasteiger partial charge in [-0.05, 0) is 56.2 Å². The van der Waals surface area contributed by atoms with E-state index in [1.807, 2.05) is 24.3 Å². The predicted molar refractivity (Wildman–Crippen MR) is 137 cm³/mol. The monoisotopic (exact) mass is 488 g/mol. The van der Waals surface area contributed by atoms with E-state index < -0.39 is 0 Å². The van der Waals surface area contributed by atoms with Gasteiger partial charge in [-0.2, -0.15) is 0 Å². The summed E-state index contributed by atoms with van der Waals surface area (Å²) in [6, 6.07) is 7.74. The number of amides is 1. The van der Waals surface area contributed by atoms with E-state index in [0.29, 0.717) is 12.2 Å². The normalized spacial score (nSPS) is 15.4. The van der Waals surface area contributed by atoms with Crippen molar-refractivity contribution in [3.8, 4) is 11.4 Å². The summed E-state index contributed by atoms with van der Waals surface area (Å²) < 4.78 is 3.78. The van der Waals surface area contributed by atoms with Gasteiger partial charge in [0.15, 0.2) is 5.82 Å². The first kappa shape index (κ1) is 22.2. The number of thiophene rings is 1. The number of hydrogen-bond donors (Lipinski definition) is 1. The molecular weight excluding hydrogens is 460 g/mol. The molecule has 2 aliphatic rings. The average molecular weight is 489 g/mol. The molecule has 0 radical (unpaired) electrons. The topological polar surface area (TPSA) is 94.7 Å². The second-order valence-electron chi connectivity index (χ2n) is 9.42. The Morgan fingerprint density at radius 3 is 2.89 bits per heavy atom. The summed E-state index contributed by atoms with van der Waals surface area (Å²) in [5.74, 6) is 1.75. The van der Waals surface area contributed by atoms with E-state index in [1.165, 1.54) is 23.3 Å². The van der Waals surface area contributed by atoms with Crippen LogP contribution in [0.2, 0.25) is 0 Å². The fraction of sp³-hybridized carbons (Fsp3) is 0.423. The summed E-state index contributed by atoms with van der Waals surface area (Å²) in [7, 11) is 0. The lowest BCUT2D eigenvalue weighted by Gasteiger charge is -2.11. The second kappa shape index (κ2) is 9.37. The molecule has 9 heteroatoms. The van der Waals surface area contributed by atoms with E-state index in [4.69, 9.17) is 0 Å². The molecule has 1 N–H and O–H groups in total. The van der Waals surface area contributed by atoms with Gasteiger partial charge < -0.3 is 9.88 Å². The highest BCUT2D eigenvalue weighted by molar-refractivity contribution is 7.18. The van der Waals surface area contributed by atoms with Gasteiger partial charge in [-0.1, -0.05) is 18.6 Å². The number of aromatic nitrogens is 5. The molecule has 1 aromatic carbocycles. The van der Waals surface area contributed by atoms with Gasteiger partial charge in [-0.15, -0.1) is 21.5 Å². The van der Waals surface area contributed by atoms with Crippen LogP contribution in [0.3, 0.4) is 0 Å². The lowest BCUT2D eigenvalue weighted by molar-refractivity contribution is -0.116. The number of aryl methyl sites for hydroxylation is 4. The molecule has 180 valence electrons. The van der Waals surface area contributed by atoms with Crippen LogP contribution in [0.25, 0.3) is 21.6 Å². The van der Waals surface area contributed by atoms with Gasteiger partial charge in [-0.25, -0.2) is 4.98 Å². The van der Waals surface area contributed by atoms with Crippen LogP contribution in [0.1, 0.15) is 54.8 Å². The Morgan fingerprint density at radius 2 is 1.94 bits per heavy atom. The fourth-order valence-electron chi connectivity index (χ4n) is 5.22. The minimum atomic E-state index is -0.137. The highest BCUT2D eigenvalue weighted by Gasteiger charge is 2.20. The zero-order valence-corrected chi connectivity index (χ0v) is 20.4. The van der Waals surface area contributed by atoms with Crippen molar-refractivity contribution in [1.29, 1.82) is 0 Å². The van der Waals surface area contributed by atoms with Crippen LogP contribution >= 0.6 is 11.3 Å². The average Bonchev–Trinajstić information content (AvgIpc) is 3.37. The molecule has 4 heterocycles. The Morgan fingerprint density at radius 1 is 1.06 bits per heavy atom. The molecular formula is C26H28N6O2S. The summed E-state index contributed by atoms with van der Waals surface area (Å²) >= 11 is 1.64. The van der Waals surface area contributed by atoms with Crippen molar-refractivity contribution >= 4 is 33.1 Å². The lowest BCUT2D eigenvalue weighted by atomic mass is 9.97. The molecule has 0 saturated heterocycles. The van der Waals surface area contributed by atoms with Crippen molar-refractivity contribution in [2.24, 2.45) is 0 Å². The molecule has 0 spiro atoms. The van der Waals surface area contributed by atoms with Crippen LogP contribution < -0.4 is 10.9 Å². The third-order valence-electron chi connectivity index (χ3n) is 7.04. The minimum Gasteiger partial charge on any atom is -0.326 e. The predicted octanol–water partition coefficient (Wildman–Crippen LogP) is 4.35. The molecule has 1 aliphatic heterocycles. The van der Waals surface area contributed by atoms with E-state index >= 15 is 0 Å². The van der Waals surface area contributed by atoms with Crippen LogP contribution in [0.4, 0.5) is 5.69 Å². The maximum Gasteiger partial charge on any atom is 0.262 e. The van der Waals surface area contributed by atoms with Crippen LogP contribution in [-0.4, -0.2) is 30.2 Å². The number of nitrogens with one attached hydrogen (secondary N) is 1. The van der Waals surface area contributed by atoms with Gasteiger partial charge in [0.1, 0.15) is 10.7 Å². The van der Waals surface area contributed by atoms with Crippen molar-refractivity contribution in [2.75, 3.05) is 5.32 Å². The highest BCUT2D eigenvalue weighted by Crippen LogP contribution is 2.33. The Balaban J connectivity index is 1.16. The number of anilines is 1. The van der Waals surface area contributed by atoms with Crippen molar-refractivity contribution in [1.82, 2.24) is 24.3 Å². The maximum atomic E-state index is 13.1. The van der Waals surface area contributed by atoms with Gasteiger partial charge in [0.25, 0.3) is 5.56 Å². The molecule has 0 unspecified atom stereocenters. The van der Waals surface area contributed by atoms with Gasteiger partial charge in [-0.3, -0.25) is 14.2 Å². The van der Waals surface area contributed by atoms with Crippen LogP contribution in [-0.2, 0) is 37.1 Å². The second-order valence-corrected chi connectivity index (χ2v) is 10.5. The Hall–Kier alpha value is -3.33. The van der Waals surface area contributed by atoms with E-state index in [-0.39, 0.29) is 17.9 Å². The van der Waals surface area contributed by atoms with E-state index in [9.17, 15) is 9.59 Å². The number of rotatable bonds is 5. The number of carbonyl (C=O) groups is 1. The molecule has 0 saturated carbocycles. The molecule has 6 rings (SSSR count). The third-order valence-corrected chi connectivity index (χ3v) is 8.24. The molecule has 0 atom stereocenters. The SMILES string of the molecule is O=C(CCn1cnc2sc3c(c2c1=O)CCCC3)Nc1cccc(-c2nnc3n2CCCCC3)c1. The van der Waals surface area contributed by atoms with Crippen molar-refractivity contribution in [3.63, 3.8) is 0 Å². The van der Waals surface area contributed by atoms with E-state index in [0.717, 1.165) is 72.5 Å². The molecule has 0 bridgehead atoms. The summed E-state index contributed by atoms with van der Waals surface area (Å²) in [5.41, 5.74) is 2.80. The zero-order valence-electron chi connectivity index (χ0n) is 19.6. The summed E-state index contributed by atoms with van der Waals surface area (Å²) in [5, 5.41) is 12.5. The molecule has 3 aromatic heterocycles. The first-order valence-electron chi connectivity index (χ1n) is 12.5. The molecule has 1 amide bonds. The number of nitrogens with zero attached hydrogens (tertiary/aromatic N) is 5. The molecule has 4 aromatic rings. The minimum absolute atomic E-state index is 0.0308. The van der Waals surface area contributed by atoms with Crippen molar-refractivity contribution in [3.05, 3.63) is 57.2 Å². The molecule has 35 heavy (non-hydrogen) atoms. The number of benzene rings is 1. The number of carbonyl (C=O) groups excluding carboxylic acids is 1. The smallest absolute Gasteiger partial charge is 0.262 e. The van der Waals surface area contributed by atoms with Crippen molar-refractivity contribution < 1.29 is 4.79 Å².